The summed E-state index contributed by atoms with van der Waals surface area (Å²) in [6.07, 6.45) is 28.7. The van der Waals surface area contributed by atoms with E-state index in [4.69, 9.17) is 0 Å². The third-order valence-corrected chi connectivity index (χ3v) is 3.86. The highest BCUT2D eigenvalue weighted by Crippen LogP contribution is 2.00. The highest BCUT2D eigenvalue weighted by atomic mass is 16.5. The molecular formula is C24H37NO3. The second kappa shape index (κ2) is 19.4. The molecule has 0 saturated carbocycles. The maximum atomic E-state index is 11.7. The minimum absolute atomic E-state index is 0.120. The Bertz CT molecular complexity index is 556. The van der Waals surface area contributed by atoms with Crippen LogP contribution in [0.5, 0.6) is 0 Å². The van der Waals surface area contributed by atoms with Crippen LogP contribution in [0.3, 0.4) is 0 Å². The van der Waals surface area contributed by atoms with Crippen LogP contribution < -0.4 is 5.32 Å². The molecule has 0 aliphatic rings. The van der Waals surface area contributed by atoms with Gasteiger partial charge in [0.2, 0.25) is 5.91 Å². The summed E-state index contributed by atoms with van der Waals surface area (Å²) >= 11 is 0. The van der Waals surface area contributed by atoms with Crippen LogP contribution >= 0.6 is 0 Å². The number of nitrogens with one attached hydrogen (secondary N) is 1. The molecule has 0 spiro atoms. The van der Waals surface area contributed by atoms with E-state index >= 15 is 0 Å². The van der Waals surface area contributed by atoms with Gasteiger partial charge in [-0.15, -0.1) is 0 Å². The molecular weight excluding hydrogens is 350 g/mol. The van der Waals surface area contributed by atoms with Crippen molar-refractivity contribution in [2.45, 2.75) is 71.3 Å². The molecule has 0 fully saturated rings. The van der Waals surface area contributed by atoms with E-state index in [-0.39, 0.29) is 5.91 Å². The Hall–Kier alpha value is -2.36. The van der Waals surface area contributed by atoms with Crippen LogP contribution in [0.2, 0.25) is 0 Å². The summed E-state index contributed by atoms with van der Waals surface area (Å²) in [6.45, 7) is 3.76. The Morgan fingerprint density at radius 1 is 0.821 bits per heavy atom. The van der Waals surface area contributed by atoms with Gasteiger partial charge < -0.3 is 10.1 Å². The van der Waals surface area contributed by atoms with Crippen molar-refractivity contribution in [2.24, 2.45) is 0 Å². The predicted molar refractivity (Wildman–Crippen MR) is 118 cm³/mol. The predicted octanol–water partition coefficient (Wildman–Crippen LogP) is 5.59. The van der Waals surface area contributed by atoms with E-state index < -0.39 is 12.0 Å². The molecule has 1 unspecified atom stereocenters. The van der Waals surface area contributed by atoms with Gasteiger partial charge in [-0.3, -0.25) is 4.79 Å². The molecule has 0 saturated heterocycles. The van der Waals surface area contributed by atoms with E-state index in [2.05, 4.69) is 77.7 Å². The Labute approximate surface area is 171 Å². The molecule has 1 amide bonds. The van der Waals surface area contributed by atoms with Crippen LogP contribution in [0.25, 0.3) is 0 Å². The summed E-state index contributed by atoms with van der Waals surface area (Å²) < 4.78 is 4.57. The molecule has 156 valence electrons. The second-order valence-corrected chi connectivity index (χ2v) is 6.41. The number of hydrogen-bond donors (Lipinski definition) is 1. The lowest BCUT2D eigenvalue weighted by atomic mass is 10.2. The van der Waals surface area contributed by atoms with Gasteiger partial charge in [-0.2, -0.15) is 0 Å². The number of methoxy groups -OCH3 is 1. The molecule has 0 aromatic rings. The summed E-state index contributed by atoms with van der Waals surface area (Å²) in [7, 11) is 1.31. The van der Waals surface area contributed by atoms with E-state index in [1.54, 1.807) is 6.92 Å². The fourth-order valence-electron chi connectivity index (χ4n) is 2.30. The minimum atomic E-state index is -0.591. The molecule has 0 bridgehead atoms. The highest BCUT2D eigenvalue weighted by Gasteiger charge is 2.14. The van der Waals surface area contributed by atoms with Crippen molar-refractivity contribution >= 4 is 11.9 Å². The summed E-state index contributed by atoms with van der Waals surface area (Å²) in [6, 6.07) is -0.591. The Morgan fingerprint density at radius 2 is 1.29 bits per heavy atom. The van der Waals surface area contributed by atoms with E-state index in [0.29, 0.717) is 6.42 Å². The van der Waals surface area contributed by atoms with Crippen molar-refractivity contribution in [3.8, 4) is 0 Å². The minimum Gasteiger partial charge on any atom is -0.467 e. The molecule has 1 atom stereocenters. The van der Waals surface area contributed by atoms with Crippen LogP contribution in [0.4, 0.5) is 0 Å². The number of ether oxygens (including phenoxy) is 1. The molecule has 4 heteroatoms. The smallest absolute Gasteiger partial charge is 0.328 e. The lowest BCUT2D eigenvalue weighted by Gasteiger charge is -2.10. The quantitative estimate of drug-likeness (QED) is 0.226. The Morgan fingerprint density at radius 3 is 1.75 bits per heavy atom. The number of rotatable bonds is 15. The summed E-state index contributed by atoms with van der Waals surface area (Å²) in [4.78, 5) is 22.9. The number of hydrogen-bond acceptors (Lipinski definition) is 3. The molecule has 0 heterocycles. The maximum absolute atomic E-state index is 11.7. The fourth-order valence-corrected chi connectivity index (χ4v) is 2.30. The van der Waals surface area contributed by atoms with Crippen LogP contribution in [0.1, 0.15) is 65.2 Å². The Kier molecular flexibility index (Phi) is 17.8. The molecule has 0 aliphatic carbocycles. The zero-order valence-corrected chi connectivity index (χ0v) is 17.7. The van der Waals surface area contributed by atoms with Gasteiger partial charge in [0.15, 0.2) is 0 Å². The monoisotopic (exact) mass is 387 g/mol. The lowest BCUT2D eigenvalue weighted by Crippen LogP contribution is -2.38. The van der Waals surface area contributed by atoms with Gasteiger partial charge in [0.25, 0.3) is 0 Å². The third kappa shape index (κ3) is 17.1. The number of esters is 1. The molecule has 0 aromatic heterocycles. The zero-order chi connectivity index (χ0) is 20.9. The van der Waals surface area contributed by atoms with Gasteiger partial charge in [0, 0.05) is 6.42 Å². The first-order valence-electron chi connectivity index (χ1n) is 10.2. The first-order chi connectivity index (χ1) is 13.6. The number of allylic oxidation sites excluding steroid dienone is 10. The van der Waals surface area contributed by atoms with Gasteiger partial charge >= 0.3 is 5.97 Å². The van der Waals surface area contributed by atoms with Crippen molar-refractivity contribution in [1.82, 2.24) is 5.32 Å². The van der Waals surface area contributed by atoms with E-state index in [1.165, 1.54) is 7.11 Å². The lowest BCUT2D eigenvalue weighted by molar-refractivity contribution is -0.144. The number of carbonyl (C=O) groups excluding carboxylic acids is 2. The molecule has 28 heavy (non-hydrogen) atoms. The van der Waals surface area contributed by atoms with Crippen LogP contribution in [-0.4, -0.2) is 25.0 Å². The molecule has 0 rings (SSSR count). The van der Waals surface area contributed by atoms with Crippen molar-refractivity contribution in [1.29, 1.82) is 0 Å². The van der Waals surface area contributed by atoms with Gasteiger partial charge in [0.05, 0.1) is 7.11 Å². The standard InChI is InChI=1S/C24H37NO3/c1-4-5-6-7-8-9-10-11-12-13-14-15-16-17-18-19-20-21-23(26)25-22(2)24(27)28-3/h5-6,8-9,11-12,14-15,17-18,22H,4,7,10,13,16,19-21H2,1-3H3,(H,25,26). The summed E-state index contributed by atoms with van der Waals surface area (Å²) in [5.41, 5.74) is 0. The first-order valence-corrected chi connectivity index (χ1v) is 10.2. The van der Waals surface area contributed by atoms with Crippen LogP contribution in [-0.2, 0) is 14.3 Å². The zero-order valence-electron chi connectivity index (χ0n) is 17.7. The summed E-state index contributed by atoms with van der Waals surface area (Å²) in [5, 5.41) is 2.62. The third-order valence-electron chi connectivity index (χ3n) is 3.86. The van der Waals surface area contributed by atoms with Gasteiger partial charge in [-0.25, -0.2) is 4.79 Å². The normalized spacial score (nSPS) is 13.4. The maximum Gasteiger partial charge on any atom is 0.328 e. The molecule has 0 aliphatic heterocycles. The van der Waals surface area contributed by atoms with Gasteiger partial charge in [0.1, 0.15) is 6.04 Å². The first kappa shape index (κ1) is 25.6. The average Bonchev–Trinajstić information content (AvgIpc) is 2.69. The van der Waals surface area contributed by atoms with Crippen LogP contribution in [0, 0.1) is 0 Å². The average molecular weight is 388 g/mol. The van der Waals surface area contributed by atoms with Crippen molar-refractivity contribution in [2.75, 3.05) is 7.11 Å². The highest BCUT2D eigenvalue weighted by molar-refractivity contribution is 5.83. The van der Waals surface area contributed by atoms with Crippen molar-refractivity contribution in [3.63, 3.8) is 0 Å². The van der Waals surface area contributed by atoms with E-state index in [0.717, 1.165) is 44.9 Å². The molecule has 4 nitrogen and oxygen atoms in total. The van der Waals surface area contributed by atoms with Crippen molar-refractivity contribution in [3.05, 3.63) is 60.8 Å². The molecule has 0 radical (unpaired) electrons. The fraction of sp³-hybridized carbons (Fsp3) is 0.500. The van der Waals surface area contributed by atoms with Crippen LogP contribution in [0.15, 0.2) is 60.8 Å². The number of carbonyl (C=O) groups is 2. The topological polar surface area (TPSA) is 55.4 Å². The van der Waals surface area contributed by atoms with Crippen molar-refractivity contribution < 1.29 is 14.3 Å². The summed E-state index contributed by atoms with van der Waals surface area (Å²) in [5.74, 6) is -0.545. The SMILES string of the molecule is CCC=CCC=CCC=CCC=CCC=CCCCC(=O)NC(C)C(=O)OC. The number of unbranched alkanes of at least 4 members (excludes halogenated alkanes) is 1. The molecule has 0 aromatic carbocycles. The largest absolute Gasteiger partial charge is 0.467 e. The second-order valence-electron chi connectivity index (χ2n) is 6.41. The van der Waals surface area contributed by atoms with Gasteiger partial charge in [-0.1, -0.05) is 67.7 Å². The van der Waals surface area contributed by atoms with E-state index in [9.17, 15) is 9.59 Å². The number of amides is 1. The van der Waals surface area contributed by atoms with Gasteiger partial charge in [-0.05, 0) is 51.9 Å². The van der Waals surface area contributed by atoms with E-state index in [1.807, 2.05) is 0 Å². The molecule has 1 N–H and O–H groups in total. The Balaban J connectivity index is 3.63.